The predicted octanol–water partition coefficient (Wildman–Crippen LogP) is 5.99. The van der Waals surface area contributed by atoms with Gasteiger partial charge in [-0.15, -0.1) is 0 Å². The van der Waals surface area contributed by atoms with Crippen LogP contribution in [-0.4, -0.2) is 30.3 Å². The topological polar surface area (TPSA) is 50.9 Å². The van der Waals surface area contributed by atoms with Crippen molar-refractivity contribution in [1.82, 2.24) is 4.90 Å². The van der Waals surface area contributed by atoms with Crippen LogP contribution in [0.1, 0.15) is 16.7 Å². The van der Waals surface area contributed by atoms with Gasteiger partial charge >= 0.3 is 0 Å². The molecule has 0 atom stereocenters. The Bertz CT molecular complexity index is 1130. The van der Waals surface area contributed by atoms with Crippen molar-refractivity contribution < 1.29 is 4.74 Å². The predicted molar refractivity (Wildman–Crippen MR) is 133 cm³/mol. The average Bonchev–Trinajstić information content (AvgIpc) is 2.81. The van der Waals surface area contributed by atoms with E-state index >= 15 is 0 Å². The Hall–Kier alpha value is -2.79. The quantitative estimate of drug-likeness (QED) is 0.344. The summed E-state index contributed by atoms with van der Waals surface area (Å²) in [4.78, 5) is 7.11. The average molecular weight is 466 g/mol. The number of allylic oxidation sites excluding steroid dienone is 1. The zero-order valence-corrected chi connectivity index (χ0v) is 19.2. The largest absolute Gasteiger partial charge is 0.478 e. The van der Waals surface area contributed by atoms with Crippen LogP contribution >= 0.6 is 23.2 Å². The fourth-order valence-electron chi connectivity index (χ4n) is 3.70. The van der Waals surface area contributed by atoms with E-state index in [1.54, 1.807) is 18.2 Å². The van der Waals surface area contributed by atoms with E-state index in [9.17, 15) is 0 Å². The molecule has 164 valence electrons. The molecule has 3 aromatic rings. The lowest BCUT2D eigenvalue weighted by atomic mass is 10.0. The van der Waals surface area contributed by atoms with Gasteiger partial charge in [0.1, 0.15) is 6.61 Å². The SMILES string of the molecule is NC(=CC(=Nc1ccc(Cl)c(Cl)c1)c1ccccc1)OCCN1CCc2ccccc2C1. The van der Waals surface area contributed by atoms with Crippen LogP contribution in [0.4, 0.5) is 5.69 Å². The molecule has 0 aliphatic carbocycles. The Morgan fingerprint density at radius 1 is 0.969 bits per heavy atom. The molecule has 0 saturated carbocycles. The van der Waals surface area contributed by atoms with E-state index in [1.165, 1.54) is 11.1 Å². The molecule has 1 aliphatic heterocycles. The number of fused-ring (bicyclic) bond motifs is 1. The van der Waals surface area contributed by atoms with Crippen LogP contribution in [0.25, 0.3) is 0 Å². The van der Waals surface area contributed by atoms with E-state index in [4.69, 9.17) is 38.7 Å². The fourth-order valence-corrected chi connectivity index (χ4v) is 3.99. The second-order valence-electron chi connectivity index (χ2n) is 7.65. The zero-order valence-electron chi connectivity index (χ0n) is 17.7. The van der Waals surface area contributed by atoms with Gasteiger partial charge in [0.05, 0.1) is 21.4 Å². The van der Waals surface area contributed by atoms with Crippen molar-refractivity contribution in [3.05, 3.63) is 111 Å². The van der Waals surface area contributed by atoms with Crippen molar-refractivity contribution >= 4 is 34.6 Å². The summed E-state index contributed by atoms with van der Waals surface area (Å²) in [6, 6.07) is 23.7. The van der Waals surface area contributed by atoms with Gasteiger partial charge in [-0.3, -0.25) is 4.90 Å². The molecule has 0 saturated heterocycles. The lowest BCUT2D eigenvalue weighted by Crippen LogP contribution is -2.33. The van der Waals surface area contributed by atoms with Gasteiger partial charge in [0.2, 0.25) is 0 Å². The normalized spacial score (nSPS) is 14.8. The Morgan fingerprint density at radius 3 is 2.50 bits per heavy atom. The zero-order chi connectivity index (χ0) is 22.3. The molecule has 6 heteroatoms. The highest BCUT2D eigenvalue weighted by Gasteiger charge is 2.15. The Balaban J connectivity index is 1.43. The van der Waals surface area contributed by atoms with Gasteiger partial charge in [-0.25, -0.2) is 4.99 Å². The first kappa shape index (κ1) is 22.4. The Kier molecular flexibility index (Phi) is 7.48. The van der Waals surface area contributed by atoms with Crippen molar-refractivity contribution in [3.8, 4) is 0 Å². The van der Waals surface area contributed by atoms with Crippen LogP contribution in [0.2, 0.25) is 10.0 Å². The van der Waals surface area contributed by atoms with Gasteiger partial charge < -0.3 is 10.5 Å². The minimum Gasteiger partial charge on any atom is -0.478 e. The van der Waals surface area contributed by atoms with E-state index in [-0.39, 0.29) is 0 Å². The summed E-state index contributed by atoms with van der Waals surface area (Å²) in [5, 5.41) is 0.947. The van der Waals surface area contributed by atoms with Gasteiger partial charge in [0.25, 0.3) is 0 Å². The summed E-state index contributed by atoms with van der Waals surface area (Å²) in [7, 11) is 0. The molecule has 0 unspecified atom stereocenters. The monoisotopic (exact) mass is 465 g/mol. The van der Waals surface area contributed by atoms with Crippen LogP contribution in [0.3, 0.4) is 0 Å². The fraction of sp³-hybridized carbons (Fsp3) is 0.192. The highest BCUT2D eigenvalue weighted by atomic mass is 35.5. The first-order valence-electron chi connectivity index (χ1n) is 10.6. The van der Waals surface area contributed by atoms with Gasteiger partial charge in [0, 0.05) is 31.3 Å². The van der Waals surface area contributed by atoms with E-state index in [0.29, 0.717) is 33.9 Å². The maximum Gasteiger partial charge on any atom is 0.186 e. The number of halogens is 2. The molecule has 1 aliphatic rings. The van der Waals surface area contributed by atoms with Crippen molar-refractivity contribution in [1.29, 1.82) is 0 Å². The van der Waals surface area contributed by atoms with Crippen molar-refractivity contribution in [2.45, 2.75) is 13.0 Å². The first-order chi connectivity index (χ1) is 15.6. The summed E-state index contributed by atoms with van der Waals surface area (Å²) in [6.07, 6.45) is 2.82. The summed E-state index contributed by atoms with van der Waals surface area (Å²) in [5.41, 5.74) is 11.3. The molecule has 1 heterocycles. The number of nitrogens with two attached hydrogens (primary N) is 1. The molecule has 0 radical (unpaired) electrons. The van der Waals surface area contributed by atoms with Crippen molar-refractivity contribution in [2.75, 3.05) is 19.7 Å². The van der Waals surface area contributed by atoms with Crippen LogP contribution < -0.4 is 5.73 Å². The van der Waals surface area contributed by atoms with E-state index < -0.39 is 0 Å². The van der Waals surface area contributed by atoms with Gasteiger partial charge in [0.15, 0.2) is 5.88 Å². The third-order valence-corrected chi connectivity index (χ3v) is 6.13. The summed E-state index contributed by atoms with van der Waals surface area (Å²) < 4.78 is 5.83. The van der Waals surface area contributed by atoms with Gasteiger partial charge in [-0.05, 0) is 35.7 Å². The van der Waals surface area contributed by atoms with Crippen LogP contribution in [0, 0.1) is 0 Å². The van der Waals surface area contributed by atoms with Crippen molar-refractivity contribution in [3.63, 3.8) is 0 Å². The highest BCUT2D eigenvalue weighted by Crippen LogP contribution is 2.27. The second-order valence-corrected chi connectivity index (χ2v) is 8.47. The summed E-state index contributed by atoms with van der Waals surface area (Å²) in [6.45, 7) is 3.29. The third-order valence-electron chi connectivity index (χ3n) is 5.39. The molecule has 0 fully saturated rings. The van der Waals surface area contributed by atoms with Crippen LogP contribution in [0.15, 0.2) is 89.7 Å². The number of rotatable bonds is 7. The molecule has 0 bridgehead atoms. The molecular weight excluding hydrogens is 441 g/mol. The molecular formula is C26H25Cl2N3O. The van der Waals surface area contributed by atoms with Crippen molar-refractivity contribution in [2.24, 2.45) is 10.7 Å². The summed E-state index contributed by atoms with van der Waals surface area (Å²) >= 11 is 12.2. The molecule has 0 aromatic heterocycles. The second kappa shape index (κ2) is 10.7. The van der Waals surface area contributed by atoms with E-state index in [1.807, 2.05) is 36.4 Å². The maximum absolute atomic E-state index is 6.20. The highest BCUT2D eigenvalue weighted by molar-refractivity contribution is 6.42. The van der Waals surface area contributed by atoms with Crippen LogP contribution in [0.5, 0.6) is 0 Å². The van der Waals surface area contributed by atoms with Gasteiger partial charge in [-0.1, -0.05) is 77.8 Å². The molecule has 0 amide bonds. The summed E-state index contributed by atoms with van der Waals surface area (Å²) in [5.74, 6) is 0.324. The number of hydrogen-bond acceptors (Lipinski definition) is 4. The standard InChI is InChI=1S/C26H25Cl2N3O/c27-23-11-10-22(16-24(23)28)30-25(20-7-2-1-3-8-20)17-26(29)32-15-14-31-13-12-19-6-4-5-9-21(19)18-31/h1-11,16-17H,12-15,18,29H2. The minimum absolute atomic E-state index is 0.324. The lowest BCUT2D eigenvalue weighted by molar-refractivity contribution is 0.148. The number of ether oxygens (including phenoxy) is 1. The molecule has 32 heavy (non-hydrogen) atoms. The lowest BCUT2D eigenvalue weighted by Gasteiger charge is -2.28. The Morgan fingerprint density at radius 2 is 1.72 bits per heavy atom. The third kappa shape index (κ3) is 5.92. The maximum atomic E-state index is 6.20. The number of nitrogens with zero attached hydrogens (tertiary/aromatic N) is 2. The van der Waals surface area contributed by atoms with Crippen LogP contribution in [-0.2, 0) is 17.7 Å². The number of aliphatic imine (C=N–C) groups is 1. The van der Waals surface area contributed by atoms with E-state index in [0.717, 1.165) is 31.6 Å². The molecule has 0 spiro atoms. The smallest absolute Gasteiger partial charge is 0.186 e. The van der Waals surface area contributed by atoms with E-state index in [2.05, 4.69) is 29.2 Å². The van der Waals surface area contributed by atoms with Gasteiger partial charge in [-0.2, -0.15) is 0 Å². The number of benzene rings is 3. The molecule has 4 nitrogen and oxygen atoms in total. The Labute approximate surface area is 198 Å². The molecule has 2 N–H and O–H groups in total. The molecule has 3 aromatic carbocycles. The first-order valence-corrected chi connectivity index (χ1v) is 11.3. The molecule has 4 rings (SSSR count). The number of hydrogen-bond donors (Lipinski definition) is 1. The minimum atomic E-state index is 0.324.